The molecule has 2 amide bonds. The second-order valence-electron chi connectivity index (χ2n) is 5.83. The Hall–Kier alpha value is -2.44. The molecule has 1 atom stereocenters. The number of aliphatic carboxylic acids is 1. The molecule has 0 heterocycles. The molecule has 132 valence electrons. The Kier molecular flexibility index (Phi) is 7.35. The number of nitrogens with zero attached hydrogens (tertiary/aromatic N) is 1. The van der Waals surface area contributed by atoms with Crippen molar-refractivity contribution in [2.24, 2.45) is 5.92 Å². The molecule has 0 fully saturated rings. The number of carboxylic acid groups (broad SMARTS) is 1. The van der Waals surface area contributed by atoms with E-state index in [-0.39, 0.29) is 18.0 Å². The van der Waals surface area contributed by atoms with E-state index in [1.165, 1.54) is 23.1 Å². The van der Waals surface area contributed by atoms with Gasteiger partial charge in [-0.2, -0.15) is 0 Å². The van der Waals surface area contributed by atoms with Crippen molar-refractivity contribution in [3.8, 4) is 0 Å². The molecule has 1 rings (SSSR count). The van der Waals surface area contributed by atoms with Crippen LogP contribution in [0.2, 0.25) is 0 Å². The van der Waals surface area contributed by atoms with Crippen molar-refractivity contribution in [3.63, 3.8) is 0 Å². The summed E-state index contributed by atoms with van der Waals surface area (Å²) in [5, 5.41) is 11.5. The Morgan fingerprint density at radius 2 is 1.88 bits per heavy atom. The van der Waals surface area contributed by atoms with Gasteiger partial charge in [0.2, 0.25) is 5.91 Å². The average molecular weight is 338 g/mol. The number of benzene rings is 1. The van der Waals surface area contributed by atoms with Crippen LogP contribution in [0.5, 0.6) is 0 Å². The smallest absolute Gasteiger partial charge is 0.323 e. The molecule has 1 unspecified atom stereocenters. The molecular formula is C17H23FN2O4. The van der Waals surface area contributed by atoms with Crippen LogP contribution in [0.4, 0.5) is 4.39 Å². The van der Waals surface area contributed by atoms with Crippen LogP contribution in [0.1, 0.15) is 37.6 Å². The van der Waals surface area contributed by atoms with Crippen molar-refractivity contribution in [3.05, 3.63) is 35.6 Å². The predicted octanol–water partition coefficient (Wildman–Crippen LogP) is 1.90. The molecule has 0 aliphatic rings. The number of nitrogens with one attached hydrogen (secondary N) is 1. The molecule has 24 heavy (non-hydrogen) atoms. The second-order valence-corrected chi connectivity index (χ2v) is 5.83. The first-order valence-electron chi connectivity index (χ1n) is 7.83. The summed E-state index contributed by atoms with van der Waals surface area (Å²) >= 11 is 0. The van der Waals surface area contributed by atoms with Crippen molar-refractivity contribution in [2.45, 2.75) is 33.2 Å². The molecule has 1 aromatic carbocycles. The first kappa shape index (κ1) is 19.6. The van der Waals surface area contributed by atoms with Crippen LogP contribution in [0, 0.1) is 11.7 Å². The molecule has 0 radical (unpaired) electrons. The number of carbonyl (C=O) groups excluding carboxylic acids is 2. The maximum atomic E-state index is 13.7. The average Bonchev–Trinajstić information content (AvgIpc) is 2.51. The van der Waals surface area contributed by atoms with E-state index in [9.17, 15) is 18.8 Å². The molecule has 1 aromatic rings. The topological polar surface area (TPSA) is 86.7 Å². The van der Waals surface area contributed by atoms with Gasteiger partial charge in [0, 0.05) is 6.54 Å². The Balaban J connectivity index is 2.96. The third kappa shape index (κ3) is 5.33. The van der Waals surface area contributed by atoms with Crippen LogP contribution >= 0.6 is 0 Å². The number of rotatable bonds is 8. The zero-order valence-corrected chi connectivity index (χ0v) is 14.1. The highest BCUT2D eigenvalue weighted by molar-refractivity contribution is 5.98. The lowest BCUT2D eigenvalue weighted by Gasteiger charge is -2.28. The summed E-state index contributed by atoms with van der Waals surface area (Å²) in [5.74, 6) is -3.27. The Morgan fingerprint density at radius 1 is 1.25 bits per heavy atom. The Morgan fingerprint density at radius 3 is 2.38 bits per heavy atom. The highest BCUT2D eigenvalue weighted by atomic mass is 19.1. The van der Waals surface area contributed by atoms with Gasteiger partial charge in [-0.3, -0.25) is 14.4 Å². The predicted molar refractivity (Wildman–Crippen MR) is 87.0 cm³/mol. The third-order valence-corrected chi connectivity index (χ3v) is 3.47. The first-order chi connectivity index (χ1) is 11.3. The highest BCUT2D eigenvalue weighted by Gasteiger charge is 2.30. The van der Waals surface area contributed by atoms with E-state index in [1.807, 2.05) is 6.92 Å². The summed E-state index contributed by atoms with van der Waals surface area (Å²) in [6, 6.07) is 4.55. The second kappa shape index (κ2) is 9.00. The fourth-order valence-corrected chi connectivity index (χ4v) is 2.27. The van der Waals surface area contributed by atoms with E-state index in [2.05, 4.69) is 5.32 Å². The number of carboxylic acids is 1. The summed E-state index contributed by atoms with van der Waals surface area (Å²) in [6.07, 6.45) is 0.588. The van der Waals surface area contributed by atoms with Gasteiger partial charge in [0.1, 0.15) is 18.4 Å². The minimum atomic E-state index is -1.13. The molecule has 6 nitrogen and oxygen atoms in total. The fourth-order valence-electron chi connectivity index (χ4n) is 2.27. The molecule has 0 bridgehead atoms. The lowest BCUT2D eigenvalue weighted by atomic mass is 10.0. The van der Waals surface area contributed by atoms with Gasteiger partial charge in [0.05, 0.1) is 5.56 Å². The largest absolute Gasteiger partial charge is 0.480 e. The van der Waals surface area contributed by atoms with Gasteiger partial charge in [-0.15, -0.1) is 0 Å². The van der Waals surface area contributed by atoms with E-state index in [4.69, 9.17) is 5.11 Å². The minimum Gasteiger partial charge on any atom is -0.480 e. The number of hydrogen-bond acceptors (Lipinski definition) is 3. The van der Waals surface area contributed by atoms with Crippen molar-refractivity contribution in [1.82, 2.24) is 10.2 Å². The van der Waals surface area contributed by atoms with Crippen LogP contribution in [0.25, 0.3) is 0 Å². The third-order valence-electron chi connectivity index (χ3n) is 3.47. The Bertz CT molecular complexity index is 604. The van der Waals surface area contributed by atoms with Crippen molar-refractivity contribution in [1.29, 1.82) is 0 Å². The monoisotopic (exact) mass is 338 g/mol. The summed E-state index contributed by atoms with van der Waals surface area (Å²) in [4.78, 5) is 37.0. The zero-order valence-electron chi connectivity index (χ0n) is 14.1. The SMILES string of the molecule is CCCN(CC(=O)O)C(=O)C(NC(=O)c1ccccc1F)C(C)C. The standard InChI is InChI=1S/C17H23FN2O4/c1-4-9-20(10-14(21)22)17(24)15(11(2)3)19-16(23)12-7-5-6-8-13(12)18/h5-8,11,15H,4,9-10H2,1-3H3,(H,19,23)(H,21,22). The molecule has 0 aromatic heterocycles. The van der Waals surface area contributed by atoms with E-state index in [0.29, 0.717) is 6.42 Å². The summed E-state index contributed by atoms with van der Waals surface area (Å²) in [7, 11) is 0. The molecule has 2 N–H and O–H groups in total. The van der Waals surface area contributed by atoms with Gasteiger partial charge in [-0.25, -0.2) is 4.39 Å². The van der Waals surface area contributed by atoms with Crippen LogP contribution < -0.4 is 5.32 Å². The Labute approximate surface area is 140 Å². The zero-order chi connectivity index (χ0) is 18.3. The van der Waals surface area contributed by atoms with Crippen molar-refractivity contribution >= 4 is 17.8 Å². The molecule has 7 heteroatoms. The van der Waals surface area contributed by atoms with Gasteiger partial charge in [0.25, 0.3) is 5.91 Å². The summed E-state index contributed by atoms with van der Waals surface area (Å²) in [6.45, 7) is 5.12. The van der Waals surface area contributed by atoms with Crippen LogP contribution in [-0.2, 0) is 9.59 Å². The molecule has 0 aliphatic heterocycles. The maximum absolute atomic E-state index is 13.7. The number of carbonyl (C=O) groups is 3. The highest BCUT2D eigenvalue weighted by Crippen LogP contribution is 2.11. The quantitative estimate of drug-likeness (QED) is 0.758. The minimum absolute atomic E-state index is 0.156. The van der Waals surface area contributed by atoms with E-state index < -0.39 is 36.2 Å². The van der Waals surface area contributed by atoms with Crippen molar-refractivity contribution in [2.75, 3.05) is 13.1 Å². The number of amides is 2. The molecular weight excluding hydrogens is 315 g/mol. The lowest BCUT2D eigenvalue weighted by molar-refractivity contribution is -0.145. The van der Waals surface area contributed by atoms with Gasteiger partial charge in [-0.05, 0) is 24.5 Å². The maximum Gasteiger partial charge on any atom is 0.323 e. The van der Waals surface area contributed by atoms with Gasteiger partial charge < -0.3 is 15.3 Å². The lowest BCUT2D eigenvalue weighted by Crippen LogP contribution is -2.52. The van der Waals surface area contributed by atoms with Crippen molar-refractivity contribution < 1.29 is 23.9 Å². The molecule has 0 spiro atoms. The van der Waals surface area contributed by atoms with E-state index >= 15 is 0 Å². The number of hydrogen-bond donors (Lipinski definition) is 2. The fraction of sp³-hybridized carbons (Fsp3) is 0.471. The van der Waals surface area contributed by atoms with Crippen LogP contribution in [0.15, 0.2) is 24.3 Å². The molecule has 0 aliphatic carbocycles. The van der Waals surface area contributed by atoms with E-state index in [1.54, 1.807) is 13.8 Å². The normalized spacial score (nSPS) is 11.9. The molecule has 0 saturated carbocycles. The number of halogens is 1. The van der Waals surface area contributed by atoms with Crippen LogP contribution in [0.3, 0.4) is 0 Å². The van der Waals surface area contributed by atoms with Gasteiger partial charge in [0.15, 0.2) is 0 Å². The van der Waals surface area contributed by atoms with E-state index in [0.717, 1.165) is 6.07 Å². The molecule has 0 saturated heterocycles. The van der Waals surface area contributed by atoms with Crippen LogP contribution in [-0.4, -0.2) is 46.9 Å². The first-order valence-corrected chi connectivity index (χ1v) is 7.83. The summed E-state index contributed by atoms with van der Waals surface area (Å²) in [5.41, 5.74) is -0.156. The van der Waals surface area contributed by atoms with Gasteiger partial charge in [-0.1, -0.05) is 32.9 Å². The van der Waals surface area contributed by atoms with Gasteiger partial charge >= 0.3 is 5.97 Å². The summed E-state index contributed by atoms with van der Waals surface area (Å²) < 4.78 is 13.7.